The Balaban J connectivity index is 3.52. The molecule has 0 N–H and O–H groups in total. The minimum atomic E-state index is -0.777. The molecular formula is C6H11FO2S. The molecule has 0 rings (SSSR count). The molecule has 10 heavy (non-hydrogen) atoms. The average molecular weight is 166 g/mol. The van der Waals surface area contributed by atoms with Crippen LogP contribution in [0.15, 0.2) is 0 Å². The molecule has 0 aliphatic carbocycles. The van der Waals surface area contributed by atoms with Crippen LogP contribution in [0.1, 0.15) is 19.8 Å². The Morgan fingerprint density at radius 3 is 2.70 bits per heavy atom. The van der Waals surface area contributed by atoms with Gasteiger partial charge in [0.15, 0.2) is 0 Å². The second kappa shape index (κ2) is 5.53. The van der Waals surface area contributed by atoms with Crippen molar-refractivity contribution < 1.29 is 14.3 Å². The van der Waals surface area contributed by atoms with Crippen LogP contribution in [0.5, 0.6) is 0 Å². The first kappa shape index (κ1) is 9.75. The number of thioether (sulfide) groups is 1. The Bertz CT molecular complexity index is 104. The molecule has 0 heterocycles. The third-order valence-corrected chi connectivity index (χ3v) is 2.44. The standard InChI is InChI=1S/C6H11FO2S/c1-3-5(10-2)4-6(8)9-7/h5H,3-4H2,1-2H3. The van der Waals surface area contributed by atoms with Gasteiger partial charge in [-0.2, -0.15) is 11.8 Å². The van der Waals surface area contributed by atoms with E-state index in [0.717, 1.165) is 6.42 Å². The molecule has 0 spiro atoms. The molecule has 4 heteroatoms. The van der Waals surface area contributed by atoms with Gasteiger partial charge >= 0.3 is 5.97 Å². The van der Waals surface area contributed by atoms with Gasteiger partial charge in [-0.3, -0.25) is 4.94 Å². The van der Waals surface area contributed by atoms with Crippen molar-refractivity contribution >= 4 is 17.7 Å². The van der Waals surface area contributed by atoms with Crippen molar-refractivity contribution in [3.63, 3.8) is 0 Å². The van der Waals surface area contributed by atoms with Gasteiger partial charge in [-0.1, -0.05) is 6.92 Å². The maximum absolute atomic E-state index is 11.2. The van der Waals surface area contributed by atoms with Gasteiger partial charge < -0.3 is 0 Å². The van der Waals surface area contributed by atoms with E-state index in [1.54, 1.807) is 11.8 Å². The summed E-state index contributed by atoms with van der Waals surface area (Å²) in [6.45, 7) is 1.95. The Kier molecular flexibility index (Phi) is 5.39. The van der Waals surface area contributed by atoms with E-state index in [0.29, 0.717) is 0 Å². The Morgan fingerprint density at radius 1 is 1.80 bits per heavy atom. The highest BCUT2D eigenvalue weighted by molar-refractivity contribution is 7.99. The van der Waals surface area contributed by atoms with Crippen LogP contribution in [0, 0.1) is 0 Å². The molecule has 0 radical (unpaired) electrons. The number of carbonyl (C=O) groups is 1. The molecule has 60 valence electrons. The normalized spacial score (nSPS) is 12.7. The zero-order valence-corrected chi connectivity index (χ0v) is 6.91. The molecule has 0 bridgehead atoms. The van der Waals surface area contributed by atoms with Crippen molar-refractivity contribution in [3.05, 3.63) is 0 Å². The van der Waals surface area contributed by atoms with Crippen molar-refractivity contribution in [3.8, 4) is 0 Å². The van der Waals surface area contributed by atoms with Gasteiger partial charge in [0, 0.05) is 9.78 Å². The van der Waals surface area contributed by atoms with Crippen LogP contribution in [0.2, 0.25) is 0 Å². The monoisotopic (exact) mass is 166 g/mol. The van der Waals surface area contributed by atoms with E-state index in [1.165, 1.54) is 0 Å². The molecule has 0 aliphatic heterocycles. The lowest BCUT2D eigenvalue weighted by atomic mass is 10.2. The zero-order chi connectivity index (χ0) is 7.98. The predicted molar refractivity (Wildman–Crippen MR) is 39.4 cm³/mol. The maximum atomic E-state index is 11.2. The van der Waals surface area contributed by atoms with E-state index in [-0.39, 0.29) is 11.7 Å². The van der Waals surface area contributed by atoms with Crippen LogP contribution < -0.4 is 0 Å². The van der Waals surface area contributed by atoms with Crippen molar-refractivity contribution in [2.24, 2.45) is 0 Å². The van der Waals surface area contributed by atoms with Gasteiger partial charge in [-0.15, -0.1) is 0 Å². The molecule has 1 unspecified atom stereocenters. The number of hydrogen-bond donors (Lipinski definition) is 0. The van der Waals surface area contributed by atoms with Crippen LogP contribution >= 0.6 is 11.8 Å². The third-order valence-electron chi connectivity index (χ3n) is 1.27. The Morgan fingerprint density at radius 2 is 2.40 bits per heavy atom. The highest BCUT2D eigenvalue weighted by Gasteiger charge is 2.11. The number of rotatable bonds is 4. The van der Waals surface area contributed by atoms with Crippen LogP contribution in [0.4, 0.5) is 4.53 Å². The van der Waals surface area contributed by atoms with E-state index < -0.39 is 5.97 Å². The van der Waals surface area contributed by atoms with Crippen molar-refractivity contribution in [2.45, 2.75) is 25.0 Å². The predicted octanol–water partition coefficient (Wildman–Crippen LogP) is 1.95. The number of halogens is 1. The van der Waals surface area contributed by atoms with E-state index in [4.69, 9.17) is 0 Å². The SMILES string of the molecule is CCC(CC(=O)OF)SC. The lowest BCUT2D eigenvalue weighted by Gasteiger charge is -2.06. The fourth-order valence-corrected chi connectivity index (χ4v) is 1.25. The van der Waals surface area contributed by atoms with Crippen molar-refractivity contribution in [1.82, 2.24) is 0 Å². The largest absolute Gasteiger partial charge is 0.349 e. The summed E-state index contributed by atoms with van der Waals surface area (Å²) in [6, 6.07) is 0. The average Bonchev–Trinajstić information content (AvgIpc) is 1.99. The molecule has 0 aromatic heterocycles. The topological polar surface area (TPSA) is 26.3 Å². The van der Waals surface area contributed by atoms with Gasteiger partial charge in [-0.05, 0) is 12.7 Å². The molecule has 0 fully saturated rings. The molecule has 0 aromatic rings. The molecule has 0 aromatic carbocycles. The second-order valence-corrected chi connectivity index (χ2v) is 3.06. The molecule has 1 atom stereocenters. The first-order valence-electron chi connectivity index (χ1n) is 3.08. The lowest BCUT2D eigenvalue weighted by Crippen LogP contribution is -2.08. The zero-order valence-electron chi connectivity index (χ0n) is 6.09. The minimum absolute atomic E-state index is 0.161. The smallest absolute Gasteiger partial charge is 0.255 e. The van der Waals surface area contributed by atoms with E-state index in [9.17, 15) is 9.32 Å². The lowest BCUT2D eigenvalue weighted by molar-refractivity contribution is -0.183. The molecule has 0 saturated heterocycles. The van der Waals surface area contributed by atoms with E-state index in [2.05, 4.69) is 4.94 Å². The molecular weight excluding hydrogens is 155 g/mol. The van der Waals surface area contributed by atoms with Gasteiger partial charge in [0.2, 0.25) is 0 Å². The van der Waals surface area contributed by atoms with Gasteiger partial charge in [0.25, 0.3) is 0 Å². The van der Waals surface area contributed by atoms with Crippen LogP contribution in [0.3, 0.4) is 0 Å². The minimum Gasteiger partial charge on any atom is -0.255 e. The van der Waals surface area contributed by atoms with E-state index >= 15 is 0 Å². The molecule has 0 saturated carbocycles. The molecule has 2 nitrogen and oxygen atoms in total. The first-order valence-corrected chi connectivity index (χ1v) is 4.37. The fraction of sp³-hybridized carbons (Fsp3) is 0.833. The number of hydrogen-bond acceptors (Lipinski definition) is 3. The van der Waals surface area contributed by atoms with Gasteiger partial charge in [0.1, 0.15) is 0 Å². The summed E-state index contributed by atoms with van der Waals surface area (Å²) in [5.74, 6) is -0.777. The summed E-state index contributed by atoms with van der Waals surface area (Å²) in [6.07, 6.45) is 2.91. The van der Waals surface area contributed by atoms with Crippen LogP contribution in [0.25, 0.3) is 0 Å². The summed E-state index contributed by atoms with van der Waals surface area (Å²) in [5, 5.41) is 0.184. The summed E-state index contributed by atoms with van der Waals surface area (Å²) in [5.41, 5.74) is 0. The van der Waals surface area contributed by atoms with Gasteiger partial charge in [0.05, 0.1) is 6.42 Å². The molecule has 0 aliphatic rings. The third kappa shape index (κ3) is 3.71. The van der Waals surface area contributed by atoms with Gasteiger partial charge in [-0.25, -0.2) is 4.79 Å². The first-order chi connectivity index (χ1) is 4.74. The maximum Gasteiger partial charge on any atom is 0.349 e. The molecule has 0 amide bonds. The summed E-state index contributed by atoms with van der Waals surface area (Å²) in [4.78, 5) is 13.4. The summed E-state index contributed by atoms with van der Waals surface area (Å²) < 4.78 is 11.2. The van der Waals surface area contributed by atoms with Crippen molar-refractivity contribution in [2.75, 3.05) is 6.26 Å². The van der Waals surface area contributed by atoms with Crippen LogP contribution in [-0.4, -0.2) is 17.5 Å². The highest BCUT2D eigenvalue weighted by Crippen LogP contribution is 2.14. The Hall–Kier alpha value is -0.250. The highest BCUT2D eigenvalue weighted by atomic mass is 32.2. The quantitative estimate of drug-likeness (QED) is 0.638. The summed E-state index contributed by atoms with van der Waals surface area (Å²) >= 11 is 1.55. The summed E-state index contributed by atoms with van der Waals surface area (Å²) in [7, 11) is 0. The number of carbonyl (C=O) groups excluding carboxylic acids is 1. The van der Waals surface area contributed by atoms with Crippen molar-refractivity contribution in [1.29, 1.82) is 0 Å². The fourth-order valence-electron chi connectivity index (χ4n) is 0.612. The second-order valence-electron chi connectivity index (χ2n) is 1.92. The van der Waals surface area contributed by atoms with Crippen LogP contribution in [-0.2, 0) is 9.74 Å². The van der Waals surface area contributed by atoms with E-state index in [1.807, 2.05) is 13.2 Å². The Labute approximate surface area is 64.0 Å².